The maximum Gasteiger partial charge on any atom is 0.309 e. The van der Waals surface area contributed by atoms with Crippen molar-refractivity contribution in [3.8, 4) is 11.8 Å². The van der Waals surface area contributed by atoms with Gasteiger partial charge in [-0.2, -0.15) is 0 Å². The minimum Gasteiger partial charge on any atom is -0.469 e. The lowest BCUT2D eigenvalue weighted by molar-refractivity contribution is -0.145. The Hall–Kier alpha value is -2.12. The summed E-state index contributed by atoms with van der Waals surface area (Å²) in [5.41, 5.74) is 1.85. The summed E-state index contributed by atoms with van der Waals surface area (Å²) in [6.45, 7) is 4.10. The van der Waals surface area contributed by atoms with Crippen molar-refractivity contribution < 1.29 is 19.1 Å². The largest absolute Gasteiger partial charge is 0.469 e. The molecule has 0 heterocycles. The Kier molecular flexibility index (Phi) is 8.81. The van der Waals surface area contributed by atoms with Crippen LogP contribution >= 0.6 is 0 Å². The zero-order valence-electron chi connectivity index (χ0n) is 14.9. The maximum absolute atomic E-state index is 12.1. The van der Waals surface area contributed by atoms with Crippen molar-refractivity contribution in [3.05, 3.63) is 35.4 Å². The van der Waals surface area contributed by atoms with Crippen LogP contribution in [0, 0.1) is 23.7 Å². The molecule has 1 aromatic carbocycles. The molecule has 1 aromatic rings. The maximum atomic E-state index is 12.1. The summed E-state index contributed by atoms with van der Waals surface area (Å²) in [6.07, 6.45) is 1.38. The third-order valence-corrected chi connectivity index (χ3v) is 3.84. The van der Waals surface area contributed by atoms with Gasteiger partial charge in [-0.3, -0.25) is 9.59 Å². The normalized spacial score (nSPS) is 11.5. The standard InChI is InChI=1S/C20H26O4/c1-15(2)19(21)12-11-18(20(22)24-4)14-17-9-6-5-8-16(17)10-7-13-23-3/h5-6,8-9,15,18H,11-14H2,1-4H3. The molecule has 1 rings (SSSR count). The molecule has 0 spiro atoms. The van der Waals surface area contributed by atoms with E-state index in [-0.39, 0.29) is 23.6 Å². The highest BCUT2D eigenvalue weighted by atomic mass is 16.5. The van der Waals surface area contributed by atoms with E-state index in [2.05, 4.69) is 11.8 Å². The van der Waals surface area contributed by atoms with Gasteiger partial charge in [0.2, 0.25) is 0 Å². The molecule has 0 N–H and O–H groups in total. The Morgan fingerprint density at radius 2 is 1.88 bits per heavy atom. The first-order valence-electron chi connectivity index (χ1n) is 8.15. The summed E-state index contributed by atoms with van der Waals surface area (Å²) in [6, 6.07) is 7.71. The number of hydrogen-bond acceptors (Lipinski definition) is 4. The number of rotatable bonds is 8. The van der Waals surface area contributed by atoms with Gasteiger partial charge in [-0.05, 0) is 24.5 Å². The van der Waals surface area contributed by atoms with Gasteiger partial charge >= 0.3 is 5.97 Å². The second kappa shape index (κ2) is 10.6. The molecule has 0 fully saturated rings. The summed E-state index contributed by atoms with van der Waals surface area (Å²) in [5, 5.41) is 0. The van der Waals surface area contributed by atoms with Crippen LogP contribution in [0.5, 0.6) is 0 Å². The molecule has 0 saturated heterocycles. The predicted octanol–water partition coefficient (Wildman–Crippen LogP) is 3.02. The third-order valence-electron chi connectivity index (χ3n) is 3.84. The number of benzene rings is 1. The van der Waals surface area contributed by atoms with Crippen molar-refractivity contribution in [2.24, 2.45) is 11.8 Å². The average molecular weight is 330 g/mol. The van der Waals surface area contributed by atoms with Crippen LogP contribution in [0.25, 0.3) is 0 Å². The molecule has 1 unspecified atom stereocenters. The Morgan fingerprint density at radius 3 is 2.50 bits per heavy atom. The van der Waals surface area contributed by atoms with Crippen LogP contribution in [0.1, 0.15) is 37.8 Å². The smallest absolute Gasteiger partial charge is 0.309 e. The molecule has 4 heteroatoms. The van der Waals surface area contributed by atoms with Crippen LogP contribution in [-0.4, -0.2) is 32.6 Å². The van der Waals surface area contributed by atoms with Crippen LogP contribution in [0.15, 0.2) is 24.3 Å². The van der Waals surface area contributed by atoms with Crippen molar-refractivity contribution in [2.45, 2.75) is 33.1 Å². The van der Waals surface area contributed by atoms with Gasteiger partial charge in [0.05, 0.1) is 13.0 Å². The van der Waals surface area contributed by atoms with Crippen molar-refractivity contribution >= 4 is 11.8 Å². The van der Waals surface area contributed by atoms with Gasteiger partial charge in [-0.15, -0.1) is 0 Å². The topological polar surface area (TPSA) is 52.6 Å². The number of Topliss-reactive ketones (excluding diaryl/α,β-unsaturated/α-hetero) is 1. The first-order valence-corrected chi connectivity index (χ1v) is 8.15. The predicted molar refractivity (Wildman–Crippen MR) is 93.5 cm³/mol. The van der Waals surface area contributed by atoms with Crippen LogP contribution in [0.4, 0.5) is 0 Å². The number of hydrogen-bond donors (Lipinski definition) is 0. The summed E-state index contributed by atoms with van der Waals surface area (Å²) in [7, 11) is 2.98. The molecule has 0 amide bonds. The molecule has 0 saturated carbocycles. The minimum atomic E-state index is -0.344. The highest BCUT2D eigenvalue weighted by Crippen LogP contribution is 2.20. The quantitative estimate of drug-likeness (QED) is 0.543. The number of ether oxygens (including phenoxy) is 2. The molecule has 0 aromatic heterocycles. The fourth-order valence-corrected chi connectivity index (χ4v) is 2.36. The Labute approximate surface area is 144 Å². The van der Waals surface area contributed by atoms with Crippen LogP contribution in [-0.2, 0) is 25.5 Å². The fourth-order valence-electron chi connectivity index (χ4n) is 2.36. The monoisotopic (exact) mass is 330 g/mol. The van der Waals surface area contributed by atoms with E-state index in [0.717, 1.165) is 11.1 Å². The molecular formula is C20H26O4. The number of ketones is 1. The Balaban J connectivity index is 2.89. The van der Waals surface area contributed by atoms with E-state index in [1.54, 1.807) is 7.11 Å². The molecule has 4 nitrogen and oxygen atoms in total. The molecule has 0 aliphatic rings. The van der Waals surface area contributed by atoms with Gasteiger partial charge in [-0.1, -0.05) is 43.9 Å². The van der Waals surface area contributed by atoms with E-state index >= 15 is 0 Å². The van der Waals surface area contributed by atoms with Crippen molar-refractivity contribution in [3.63, 3.8) is 0 Å². The lowest BCUT2D eigenvalue weighted by atomic mass is 9.90. The lowest BCUT2D eigenvalue weighted by Crippen LogP contribution is -2.21. The van der Waals surface area contributed by atoms with Gasteiger partial charge in [-0.25, -0.2) is 0 Å². The fraction of sp³-hybridized carbons (Fsp3) is 0.500. The van der Waals surface area contributed by atoms with E-state index in [9.17, 15) is 9.59 Å². The Bertz CT molecular complexity index is 608. The molecular weight excluding hydrogens is 304 g/mol. The molecule has 130 valence electrons. The zero-order valence-corrected chi connectivity index (χ0v) is 14.9. The van der Waals surface area contributed by atoms with Gasteiger partial charge in [0.1, 0.15) is 12.4 Å². The van der Waals surface area contributed by atoms with Gasteiger partial charge in [0, 0.05) is 25.0 Å². The SMILES string of the molecule is COCC#Cc1ccccc1CC(CCC(=O)C(C)C)C(=O)OC. The van der Waals surface area contributed by atoms with Crippen LogP contribution in [0.2, 0.25) is 0 Å². The van der Waals surface area contributed by atoms with Crippen molar-refractivity contribution in [1.29, 1.82) is 0 Å². The van der Waals surface area contributed by atoms with E-state index < -0.39 is 0 Å². The van der Waals surface area contributed by atoms with Gasteiger partial charge < -0.3 is 9.47 Å². The first-order chi connectivity index (χ1) is 11.5. The highest BCUT2D eigenvalue weighted by Gasteiger charge is 2.22. The van der Waals surface area contributed by atoms with Gasteiger partial charge in [0.25, 0.3) is 0 Å². The summed E-state index contributed by atoms with van der Waals surface area (Å²) in [4.78, 5) is 23.9. The van der Waals surface area contributed by atoms with E-state index in [0.29, 0.717) is 25.9 Å². The molecule has 0 aliphatic carbocycles. The van der Waals surface area contributed by atoms with Crippen LogP contribution < -0.4 is 0 Å². The van der Waals surface area contributed by atoms with E-state index in [4.69, 9.17) is 9.47 Å². The number of esters is 1. The minimum absolute atomic E-state index is 0.0181. The Morgan fingerprint density at radius 1 is 1.17 bits per heavy atom. The molecule has 1 atom stereocenters. The van der Waals surface area contributed by atoms with E-state index in [1.807, 2.05) is 38.1 Å². The lowest BCUT2D eigenvalue weighted by Gasteiger charge is -2.16. The third kappa shape index (κ3) is 6.55. The van der Waals surface area contributed by atoms with Crippen LogP contribution in [0.3, 0.4) is 0 Å². The molecule has 0 aliphatic heterocycles. The summed E-state index contributed by atoms with van der Waals surface area (Å²) in [5.74, 6) is 5.51. The summed E-state index contributed by atoms with van der Waals surface area (Å²) >= 11 is 0. The number of carbonyl (C=O) groups excluding carboxylic acids is 2. The molecule has 0 bridgehead atoms. The highest BCUT2D eigenvalue weighted by molar-refractivity contribution is 5.81. The van der Waals surface area contributed by atoms with Gasteiger partial charge in [0.15, 0.2) is 0 Å². The molecule has 24 heavy (non-hydrogen) atoms. The molecule has 0 radical (unpaired) electrons. The second-order valence-corrected chi connectivity index (χ2v) is 5.98. The van der Waals surface area contributed by atoms with Crippen molar-refractivity contribution in [2.75, 3.05) is 20.8 Å². The second-order valence-electron chi connectivity index (χ2n) is 5.98. The number of methoxy groups -OCH3 is 2. The van der Waals surface area contributed by atoms with Crippen molar-refractivity contribution in [1.82, 2.24) is 0 Å². The average Bonchev–Trinajstić information content (AvgIpc) is 2.58. The first kappa shape index (κ1) is 19.9. The zero-order chi connectivity index (χ0) is 17.9. The number of carbonyl (C=O) groups is 2. The summed E-state index contributed by atoms with van der Waals surface area (Å²) < 4.78 is 9.85. The van der Waals surface area contributed by atoms with E-state index in [1.165, 1.54) is 7.11 Å².